The van der Waals surface area contributed by atoms with Crippen LogP contribution < -0.4 is 5.32 Å². The number of nitrogens with one attached hydrogen (secondary N) is 1. The van der Waals surface area contributed by atoms with Crippen LogP contribution in [0.5, 0.6) is 0 Å². The fraction of sp³-hybridized carbons (Fsp3) is 0.762. The Balaban J connectivity index is 1.45. The van der Waals surface area contributed by atoms with E-state index < -0.39 is 30.1 Å². The van der Waals surface area contributed by atoms with Crippen LogP contribution >= 0.6 is 0 Å². The summed E-state index contributed by atoms with van der Waals surface area (Å²) in [7, 11) is 0. The molecule has 1 spiro atoms. The first-order valence-corrected chi connectivity index (χ1v) is 11.6. The number of hydrogen-bond acceptors (Lipinski definition) is 6. The Hall–Kier alpha value is -2.67. The van der Waals surface area contributed by atoms with Gasteiger partial charge in [-0.2, -0.15) is 26.3 Å². The summed E-state index contributed by atoms with van der Waals surface area (Å²) >= 11 is 0. The SMILES string of the molecule is O=C(OC(C(F)(F)F)C(F)(F)F)N1CCC2(CCCN2C(=O)C2=C(N3CCCC3)NCN=C2)CC1. The minimum atomic E-state index is -5.77. The molecule has 3 saturated heterocycles. The monoisotopic (exact) mass is 511 g/mol. The van der Waals surface area contributed by atoms with Crippen molar-refractivity contribution in [2.24, 2.45) is 4.99 Å². The number of piperidine rings is 1. The van der Waals surface area contributed by atoms with Crippen LogP contribution in [0.4, 0.5) is 31.1 Å². The zero-order chi connectivity index (χ0) is 25.4. The molecular weight excluding hydrogens is 484 g/mol. The van der Waals surface area contributed by atoms with Crippen molar-refractivity contribution in [3.05, 3.63) is 11.4 Å². The van der Waals surface area contributed by atoms with Gasteiger partial charge in [0.2, 0.25) is 0 Å². The minimum absolute atomic E-state index is 0.116. The Morgan fingerprint density at radius 1 is 0.943 bits per heavy atom. The van der Waals surface area contributed by atoms with E-state index in [2.05, 4.69) is 19.9 Å². The van der Waals surface area contributed by atoms with Gasteiger partial charge in [-0.1, -0.05) is 0 Å². The first kappa shape index (κ1) is 25.4. The molecule has 1 N–H and O–H groups in total. The van der Waals surface area contributed by atoms with Crippen molar-refractivity contribution in [3.8, 4) is 0 Å². The van der Waals surface area contributed by atoms with Gasteiger partial charge in [0.15, 0.2) is 0 Å². The molecule has 0 atom stereocenters. The summed E-state index contributed by atoms with van der Waals surface area (Å²) in [6.07, 6.45) is -12.0. The number of aliphatic imine (C=N–C) groups is 1. The molecule has 0 bridgehead atoms. The van der Waals surface area contributed by atoms with Crippen molar-refractivity contribution in [3.63, 3.8) is 0 Å². The maximum Gasteiger partial charge on any atom is 0.434 e. The number of carbonyl (C=O) groups excluding carboxylic acids is 2. The average molecular weight is 511 g/mol. The van der Waals surface area contributed by atoms with Crippen LogP contribution in [-0.2, 0) is 9.53 Å². The maximum atomic E-state index is 13.6. The van der Waals surface area contributed by atoms with Gasteiger partial charge in [0.1, 0.15) is 12.5 Å². The molecule has 8 nitrogen and oxygen atoms in total. The zero-order valence-corrected chi connectivity index (χ0v) is 18.9. The largest absolute Gasteiger partial charge is 0.434 e. The van der Waals surface area contributed by atoms with Crippen molar-refractivity contribution in [2.45, 2.75) is 62.5 Å². The van der Waals surface area contributed by atoms with Gasteiger partial charge >= 0.3 is 18.4 Å². The van der Waals surface area contributed by atoms with Crippen LogP contribution in [0.1, 0.15) is 38.5 Å². The first-order valence-electron chi connectivity index (χ1n) is 11.6. The number of carbonyl (C=O) groups is 2. The van der Waals surface area contributed by atoms with E-state index in [1.54, 1.807) is 11.1 Å². The third kappa shape index (κ3) is 5.15. The number of likely N-dealkylation sites (tertiary alicyclic amines) is 3. The van der Waals surface area contributed by atoms with Crippen molar-refractivity contribution >= 4 is 18.2 Å². The highest BCUT2D eigenvalue weighted by molar-refractivity contribution is 6.13. The molecule has 0 aromatic rings. The molecule has 196 valence electrons. The molecular formula is C21H27F6N5O3. The number of halogens is 6. The number of hydrogen-bond donors (Lipinski definition) is 1. The molecule has 4 heterocycles. The first-order chi connectivity index (χ1) is 16.4. The van der Waals surface area contributed by atoms with Gasteiger partial charge in [0.25, 0.3) is 12.0 Å². The van der Waals surface area contributed by atoms with Crippen LogP contribution in [0.2, 0.25) is 0 Å². The van der Waals surface area contributed by atoms with Crippen LogP contribution in [0, 0.1) is 0 Å². The molecule has 0 aromatic carbocycles. The third-order valence-electron chi connectivity index (χ3n) is 7.07. The Morgan fingerprint density at radius 3 is 2.17 bits per heavy atom. The molecule has 0 unspecified atom stereocenters. The Bertz CT molecular complexity index is 875. The number of amides is 2. The molecule has 0 aromatic heterocycles. The van der Waals surface area contributed by atoms with E-state index in [1.165, 1.54) is 0 Å². The molecule has 35 heavy (non-hydrogen) atoms. The summed E-state index contributed by atoms with van der Waals surface area (Å²) in [5.74, 6) is 0.515. The summed E-state index contributed by atoms with van der Waals surface area (Å²) in [4.78, 5) is 34.6. The zero-order valence-electron chi connectivity index (χ0n) is 18.9. The van der Waals surface area contributed by atoms with Crippen LogP contribution in [-0.4, -0.2) is 96.3 Å². The van der Waals surface area contributed by atoms with Crippen LogP contribution in [0.25, 0.3) is 0 Å². The summed E-state index contributed by atoms with van der Waals surface area (Å²) in [6, 6.07) is 0. The maximum absolute atomic E-state index is 13.6. The highest BCUT2D eigenvalue weighted by atomic mass is 19.4. The summed E-state index contributed by atoms with van der Waals surface area (Å²) in [6.45, 7) is 2.25. The van der Waals surface area contributed by atoms with Crippen LogP contribution in [0.3, 0.4) is 0 Å². The van der Waals surface area contributed by atoms with E-state index in [9.17, 15) is 35.9 Å². The summed E-state index contributed by atoms with van der Waals surface area (Å²) < 4.78 is 80.4. The number of alkyl halides is 6. The summed E-state index contributed by atoms with van der Waals surface area (Å²) in [5.41, 5.74) is -0.185. The lowest BCUT2D eigenvalue weighted by Gasteiger charge is -2.45. The van der Waals surface area contributed by atoms with Crippen molar-refractivity contribution < 1.29 is 40.7 Å². The Morgan fingerprint density at radius 2 is 1.57 bits per heavy atom. The predicted octanol–water partition coefficient (Wildman–Crippen LogP) is 3.01. The minimum Gasteiger partial charge on any atom is -0.426 e. The normalized spacial score (nSPS) is 22.9. The average Bonchev–Trinajstić information content (AvgIpc) is 3.46. The van der Waals surface area contributed by atoms with E-state index in [-0.39, 0.29) is 31.8 Å². The van der Waals surface area contributed by atoms with Gasteiger partial charge in [-0.15, -0.1) is 0 Å². The Kier molecular flexibility index (Phi) is 6.84. The molecule has 4 rings (SSSR count). The van der Waals surface area contributed by atoms with Gasteiger partial charge in [-0.05, 0) is 38.5 Å². The van der Waals surface area contributed by atoms with Gasteiger partial charge in [-0.3, -0.25) is 9.79 Å². The van der Waals surface area contributed by atoms with E-state index in [0.717, 1.165) is 36.7 Å². The third-order valence-corrected chi connectivity index (χ3v) is 7.07. The van der Waals surface area contributed by atoms with Gasteiger partial charge in [0, 0.05) is 44.5 Å². The fourth-order valence-electron chi connectivity index (χ4n) is 5.31. The van der Waals surface area contributed by atoms with E-state index in [4.69, 9.17) is 0 Å². The van der Waals surface area contributed by atoms with Crippen molar-refractivity contribution in [1.82, 2.24) is 20.0 Å². The van der Waals surface area contributed by atoms with Crippen molar-refractivity contribution in [1.29, 1.82) is 0 Å². The molecule has 2 amide bonds. The van der Waals surface area contributed by atoms with E-state index in [1.807, 2.05) is 0 Å². The highest BCUT2D eigenvalue weighted by Crippen LogP contribution is 2.41. The number of nitrogens with zero attached hydrogens (tertiary/aromatic N) is 4. The lowest BCUT2D eigenvalue weighted by atomic mass is 9.84. The summed E-state index contributed by atoms with van der Waals surface area (Å²) in [5, 5.41) is 3.18. The van der Waals surface area contributed by atoms with E-state index in [0.29, 0.717) is 31.6 Å². The highest BCUT2D eigenvalue weighted by Gasteiger charge is 2.60. The molecule has 4 aliphatic heterocycles. The molecule has 3 fully saturated rings. The fourth-order valence-corrected chi connectivity index (χ4v) is 5.31. The molecule has 0 saturated carbocycles. The molecule has 14 heteroatoms. The lowest BCUT2D eigenvalue weighted by Crippen LogP contribution is -2.57. The standard InChI is InChI=1S/C21H27F6N5O3/c22-20(23,24)17(21(25,26)27)35-18(34)31-10-5-19(6-11-31)4-3-9-32(19)16(33)14-12-28-13-29-15(14)30-7-1-2-8-30/h12,17,29H,1-11,13H2. The number of ether oxygens (including phenoxy) is 1. The van der Waals surface area contributed by atoms with Crippen molar-refractivity contribution in [2.75, 3.05) is 39.4 Å². The second-order valence-corrected chi connectivity index (χ2v) is 9.22. The topological polar surface area (TPSA) is 77.5 Å². The molecule has 0 radical (unpaired) electrons. The lowest BCUT2D eigenvalue weighted by molar-refractivity contribution is -0.308. The predicted molar refractivity (Wildman–Crippen MR) is 111 cm³/mol. The Labute approximate surface area is 197 Å². The number of rotatable bonds is 3. The second kappa shape index (κ2) is 9.41. The molecule has 0 aliphatic carbocycles. The van der Waals surface area contributed by atoms with Gasteiger partial charge in [-0.25, -0.2) is 4.79 Å². The smallest absolute Gasteiger partial charge is 0.426 e. The molecule has 4 aliphatic rings. The second-order valence-electron chi connectivity index (χ2n) is 9.22. The quantitative estimate of drug-likeness (QED) is 0.590. The van der Waals surface area contributed by atoms with Gasteiger partial charge in [0.05, 0.1) is 5.57 Å². The van der Waals surface area contributed by atoms with Crippen LogP contribution in [0.15, 0.2) is 16.4 Å². The van der Waals surface area contributed by atoms with E-state index >= 15 is 0 Å². The van der Waals surface area contributed by atoms with Gasteiger partial charge < -0.3 is 24.8 Å².